The summed E-state index contributed by atoms with van der Waals surface area (Å²) < 4.78 is 6.55. The average molecular weight is 602 g/mol. The Labute approximate surface area is 272 Å². The summed E-state index contributed by atoms with van der Waals surface area (Å²) >= 11 is 0. The van der Waals surface area contributed by atoms with Gasteiger partial charge in [-0.05, 0) is 51.4 Å². The van der Waals surface area contributed by atoms with Crippen LogP contribution in [0.3, 0.4) is 0 Å². The third-order valence-electron chi connectivity index (χ3n) is 8.75. The molecule has 0 spiro atoms. The van der Waals surface area contributed by atoms with Crippen molar-refractivity contribution in [2.75, 3.05) is 0 Å². The second kappa shape index (κ2) is 11.2. The van der Waals surface area contributed by atoms with E-state index >= 15 is 0 Å². The SMILES string of the molecule is c1ccc(-c2ccc3c(c2)Oc2ccc(-c4ccc(-c5nc(-c6ccccc6)nc(-c6ccccc6)n5)cc4)c4cccc-3c24)cc1. The van der Waals surface area contributed by atoms with E-state index < -0.39 is 0 Å². The Morgan fingerprint density at radius 3 is 1.45 bits per heavy atom. The molecule has 7 aromatic carbocycles. The predicted octanol–water partition coefficient (Wildman–Crippen LogP) is 11.1. The highest BCUT2D eigenvalue weighted by Crippen LogP contribution is 2.49. The molecule has 4 nitrogen and oxygen atoms in total. The summed E-state index contributed by atoms with van der Waals surface area (Å²) in [7, 11) is 0. The van der Waals surface area contributed by atoms with Crippen LogP contribution >= 0.6 is 0 Å². The molecule has 2 heterocycles. The molecule has 9 rings (SSSR count). The van der Waals surface area contributed by atoms with Gasteiger partial charge in [0.25, 0.3) is 0 Å². The summed E-state index contributed by atoms with van der Waals surface area (Å²) in [6, 6.07) is 56.3. The zero-order valence-electron chi connectivity index (χ0n) is 25.3. The summed E-state index contributed by atoms with van der Waals surface area (Å²) in [5.41, 5.74) is 9.70. The zero-order chi connectivity index (χ0) is 31.2. The van der Waals surface area contributed by atoms with Crippen LogP contribution in [0.5, 0.6) is 11.5 Å². The van der Waals surface area contributed by atoms with Crippen LogP contribution < -0.4 is 4.74 Å². The highest BCUT2D eigenvalue weighted by atomic mass is 16.5. The Bertz CT molecular complexity index is 2350. The van der Waals surface area contributed by atoms with Crippen LogP contribution in [0.2, 0.25) is 0 Å². The molecule has 0 N–H and O–H groups in total. The van der Waals surface area contributed by atoms with Gasteiger partial charge < -0.3 is 4.74 Å². The Hall–Kier alpha value is -6.39. The second-order valence-corrected chi connectivity index (χ2v) is 11.6. The fourth-order valence-electron chi connectivity index (χ4n) is 6.43. The molecule has 0 saturated carbocycles. The van der Waals surface area contributed by atoms with Crippen molar-refractivity contribution in [3.8, 4) is 79.0 Å². The van der Waals surface area contributed by atoms with Gasteiger partial charge in [0.15, 0.2) is 17.5 Å². The van der Waals surface area contributed by atoms with E-state index in [2.05, 4.69) is 97.1 Å². The van der Waals surface area contributed by atoms with Crippen LogP contribution in [0.1, 0.15) is 0 Å². The van der Waals surface area contributed by atoms with Crippen LogP contribution in [-0.2, 0) is 0 Å². The van der Waals surface area contributed by atoms with E-state index in [0.717, 1.165) is 61.2 Å². The minimum absolute atomic E-state index is 0.640. The molecule has 47 heavy (non-hydrogen) atoms. The summed E-state index contributed by atoms with van der Waals surface area (Å²) in [5, 5.41) is 2.29. The molecule has 8 aromatic rings. The molecule has 0 amide bonds. The molecule has 1 aliphatic heterocycles. The number of fused-ring (bicyclic) bond motifs is 2. The first-order valence-corrected chi connectivity index (χ1v) is 15.7. The maximum absolute atomic E-state index is 6.55. The maximum atomic E-state index is 6.55. The molecular formula is C43H27N3O. The van der Waals surface area contributed by atoms with Gasteiger partial charge in [0.1, 0.15) is 11.5 Å². The van der Waals surface area contributed by atoms with E-state index in [9.17, 15) is 0 Å². The third-order valence-corrected chi connectivity index (χ3v) is 8.75. The van der Waals surface area contributed by atoms with E-state index in [4.69, 9.17) is 19.7 Å². The topological polar surface area (TPSA) is 47.9 Å². The molecular weight excluding hydrogens is 574 g/mol. The monoisotopic (exact) mass is 601 g/mol. The van der Waals surface area contributed by atoms with Gasteiger partial charge in [-0.15, -0.1) is 0 Å². The number of rotatable bonds is 5. The van der Waals surface area contributed by atoms with Gasteiger partial charge in [-0.3, -0.25) is 0 Å². The number of aromatic nitrogens is 3. The standard InChI is InChI=1S/C43H27N3O/c1-4-11-28(12-5-1)33-23-24-35-37-18-10-17-36-34(25-26-38(40(36)37)47-39(35)27-33)29-19-21-32(22-20-29)43-45-41(30-13-6-2-7-14-30)44-42(46-43)31-15-8-3-9-16-31/h1-27H. The Morgan fingerprint density at radius 1 is 0.319 bits per heavy atom. The van der Waals surface area contributed by atoms with Gasteiger partial charge in [0.05, 0.1) is 0 Å². The van der Waals surface area contributed by atoms with Gasteiger partial charge in [-0.2, -0.15) is 0 Å². The van der Waals surface area contributed by atoms with Crippen LogP contribution in [0.15, 0.2) is 164 Å². The van der Waals surface area contributed by atoms with Crippen molar-refractivity contribution in [1.82, 2.24) is 15.0 Å². The van der Waals surface area contributed by atoms with Crippen molar-refractivity contribution in [3.05, 3.63) is 164 Å². The van der Waals surface area contributed by atoms with Crippen LogP contribution in [0.25, 0.3) is 78.3 Å². The summed E-state index contributed by atoms with van der Waals surface area (Å²) in [5.74, 6) is 3.70. The Kier molecular flexibility index (Phi) is 6.43. The minimum Gasteiger partial charge on any atom is -0.456 e. The van der Waals surface area contributed by atoms with Crippen molar-refractivity contribution < 1.29 is 4.74 Å². The van der Waals surface area contributed by atoms with Crippen LogP contribution in [0, 0.1) is 0 Å². The lowest BCUT2D eigenvalue weighted by Gasteiger charge is -2.23. The molecule has 1 aliphatic rings. The minimum atomic E-state index is 0.640. The molecule has 4 heteroatoms. The fraction of sp³-hybridized carbons (Fsp3) is 0. The van der Waals surface area contributed by atoms with E-state index in [1.807, 2.05) is 66.7 Å². The van der Waals surface area contributed by atoms with Gasteiger partial charge in [0.2, 0.25) is 0 Å². The van der Waals surface area contributed by atoms with Gasteiger partial charge >= 0.3 is 0 Å². The zero-order valence-corrected chi connectivity index (χ0v) is 25.3. The Morgan fingerprint density at radius 2 is 0.830 bits per heavy atom. The number of nitrogens with zero attached hydrogens (tertiary/aromatic N) is 3. The predicted molar refractivity (Wildman–Crippen MR) is 190 cm³/mol. The van der Waals surface area contributed by atoms with Crippen molar-refractivity contribution >= 4 is 10.8 Å². The molecule has 0 saturated heterocycles. The normalized spacial score (nSPS) is 11.6. The molecule has 0 bridgehead atoms. The molecule has 0 aliphatic carbocycles. The van der Waals surface area contributed by atoms with Gasteiger partial charge in [-0.25, -0.2) is 15.0 Å². The van der Waals surface area contributed by atoms with Crippen molar-refractivity contribution in [1.29, 1.82) is 0 Å². The van der Waals surface area contributed by atoms with Crippen molar-refractivity contribution in [3.63, 3.8) is 0 Å². The average Bonchev–Trinajstić information content (AvgIpc) is 3.16. The molecule has 220 valence electrons. The first-order chi connectivity index (χ1) is 23.3. The first kappa shape index (κ1) is 27.0. The largest absolute Gasteiger partial charge is 0.456 e. The molecule has 1 aromatic heterocycles. The number of benzene rings is 7. The lowest BCUT2D eigenvalue weighted by molar-refractivity contribution is 0.487. The second-order valence-electron chi connectivity index (χ2n) is 11.6. The lowest BCUT2D eigenvalue weighted by Crippen LogP contribution is -2.00. The van der Waals surface area contributed by atoms with Crippen LogP contribution in [-0.4, -0.2) is 15.0 Å². The smallest absolute Gasteiger partial charge is 0.164 e. The van der Waals surface area contributed by atoms with E-state index in [1.54, 1.807) is 0 Å². The van der Waals surface area contributed by atoms with Gasteiger partial charge in [0, 0.05) is 27.6 Å². The summed E-state index contributed by atoms with van der Waals surface area (Å²) in [6.07, 6.45) is 0. The van der Waals surface area contributed by atoms with Crippen LogP contribution in [0.4, 0.5) is 0 Å². The Balaban J connectivity index is 1.11. The molecule has 0 unspecified atom stereocenters. The van der Waals surface area contributed by atoms with Crippen molar-refractivity contribution in [2.45, 2.75) is 0 Å². The van der Waals surface area contributed by atoms with E-state index in [0.29, 0.717) is 17.5 Å². The number of hydrogen-bond acceptors (Lipinski definition) is 4. The highest BCUT2D eigenvalue weighted by molar-refractivity contribution is 6.10. The maximum Gasteiger partial charge on any atom is 0.164 e. The van der Waals surface area contributed by atoms with E-state index in [1.165, 1.54) is 11.1 Å². The first-order valence-electron chi connectivity index (χ1n) is 15.7. The fourth-order valence-corrected chi connectivity index (χ4v) is 6.43. The number of hydrogen-bond donors (Lipinski definition) is 0. The molecule has 0 radical (unpaired) electrons. The summed E-state index contributed by atoms with van der Waals surface area (Å²) in [4.78, 5) is 14.6. The molecule has 0 atom stereocenters. The lowest BCUT2D eigenvalue weighted by atomic mass is 9.89. The third kappa shape index (κ3) is 4.84. The highest BCUT2D eigenvalue weighted by Gasteiger charge is 2.22. The molecule has 0 fully saturated rings. The quantitative estimate of drug-likeness (QED) is 0.197. The van der Waals surface area contributed by atoms with E-state index in [-0.39, 0.29) is 0 Å². The number of ether oxygens (including phenoxy) is 1. The van der Waals surface area contributed by atoms with Crippen molar-refractivity contribution in [2.24, 2.45) is 0 Å². The summed E-state index contributed by atoms with van der Waals surface area (Å²) in [6.45, 7) is 0. The van der Waals surface area contributed by atoms with Gasteiger partial charge in [-0.1, -0.05) is 146 Å².